The van der Waals surface area contributed by atoms with Gasteiger partial charge in [0.15, 0.2) is 5.16 Å². The number of hydrogen-bond donors (Lipinski definition) is 0. The van der Waals surface area contributed by atoms with Gasteiger partial charge in [-0.3, -0.25) is 4.40 Å². The van der Waals surface area contributed by atoms with Crippen LogP contribution in [0.1, 0.15) is 18.7 Å². The first-order valence-corrected chi connectivity index (χ1v) is 9.13. The Morgan fingerprint density at radius 2 is 1.92 bits per heavy atom. The smallest absolute Gasteiger partial charge is 0.236 e. The Morgan fingerprint density at radius 1 is 1.08 bits per heavy atom. The number of hydrogen-bond acceptors (Lipinski definition) is 4. The summed E-state index contributed by atoms with van der Waals surface area (Å²) in [7, 11) is 2.04. The molecule has 0 spiro atoms. The third-order valence-electron chi connectivity index (χ3n) is 4.35. The number of thioether (sulfide) groups is 1. The number of fused-ring (bicyclic) bond motifs is 3. The maximum Gasteiger partial charge on any atom is 0.236 e. The van der Waals surface area contributed by atoms with Crippen LogP contribution in [-0.4, -0.2) is 34.5 Å². The molecule has 0 amide bonds. The van der Waals surface area contributed by atoms with Crippen LogP contribution in [0.2, 0.25) is 0 Å². The summed E-state index contributed by atoms with van der Waals surface area (Å²) in [5.74, 6) is 3.02. The Balaban J connectivity index is 1.43. The van der Waals surface area contributed by atoms with Crippen LogP contribution in [-0.2, 0) is 13.6 Å². The number of benzene rings is 1. The van der Waals surface area contributed by atoms with E-state index in [2.05, 4.69) is 53.0 Å². The maximum absolute atomic E-state index is 4.37. The number of rotatable bonds is 6. The normalized spacial score (nSPS) is 11.8. The van der Waals surface area contributed by atoms with E-state index in [4.69, 9.17) is 0 Å². The Labute approximate surface area is 144 Å². The van der Waals surface area contributed by atoms with E-state index in [1.54, 1.807) is 11.8 Å². The zero-order valence-corrected chi connectivity index (χ0v) is 14.7. The van der Waals surface area contributed by atoms with Gasteiger partial charge in [-0.15, -0.1) is 10.2 Å². The highest BCUT2D eigenvalue weighted by molar-refractivity contribution is 7.99. The number of unbranched alkanes of at least 4 members (excludes halogenated alkanes) is 1. The van der Waals surface area contributed by atoms with Gasteiger partial charge < -0.3 is 9.13 Å². The van der Waals surface area contributed by atoms with Gasteiger partial charge >= 0.3 is 0 Å². The third kappa shape index (κ3) is 2.58. The number of aryl methyl sites for hydroxylation is 3. The minimum Gasteiger partial charge on any atom is -0.335 e. The van der Waals surface area contributed by atoms with Crippen molar-refractivity contribution >= 4 is 28.6 Å². The molecule has 124 valence electrons. The summed E-state index contributed by atoms with van der Waals surface area (Å²) in [6.07, 6.45) is 6.18. The molecule has 0 aliphatic carbocycles. The fourth-order valence-electron chi connectivity index (χ4n) is 3.02. The molecule has 3 aromatic heterocycles. The highest BCUT2D eigenvalue weighted by Crippen LogP contribution is 2.25. The molecule has 6 nitrogen and oxygen atoms in total. The highest BCUT2D eigenvalue weighted by Gasteiger charge is 2.14. The molecule has 0 bridgehead atoms. The zero-order chi connectivity index (χ0) is 16.5. The molecule has 7 heteroatoms. The Morgan fingerprint density at radius 3 is 2.71 bits per heavy atom. The lowest BCUT2D eigenvalue weighted by atomic mass is 10.3. The van der Waals surface area contributed by atoms with Gasteiger partial charge in [-0.25, -0.2) is 4.98 Å². The molecule has 0 radical (unpaired) electrons. The van der Waals surface area contributed by atoms with E-state index in [1.165, 1.54) is 5.52 Å². The molecule has 0 N–H and O–H groups in total. The average molecular weight is 340 g/mol. The standard InChI is InChI=1S/C17H20N6S/c1-13-18-9-11-22(13)10-5-6-12-24-17-20-19-16-21(2)14-7-3-4-8-15(14)23(16)17/h3-4,7-9,11H,5-6,10,12H2,1-2H3. The van der Waals surface area contributed by atoms with Gasteiger partial charge in [0.05, 0.1) is 11.0 Å². The van der Waals surface area contributed by atoms with Gasteiger partial charge in [-0.2, -0.15) is 0 Å². The first-order chi connectivity index (χ1) is 11.8. The lowest BCUT2D eigenvalue weighted by Crippen LogP contribution is -1.99. The first-order valence-electron chi connectivity index (χ1n) is 8.15. The van der Waals surface area contributed by atoms with Crippen LogP contribution >= 0.6 is 11.8 Å². The molecule has 0 saturated heterocycles. The minimum absolute atomic E-state index is 0.896. The molecular weight excluding hydrogens is 320 g/mol. The minimum atomic E-state index is 0.896. The van der Waals surface area contributed by atoms with Crippen molar-refractivity contribution in [2.24, 2.45) is 7.05 Å². The fourth-order valence-corrected chi connectivity index (χ4v) is 3.95. The molecule has 0 saturated carbocycles. The van der Waals surface area contributed by atoms with Crippen molar-refractivity contribution < 1.29 is 0 Å². The summed E-state index contributed by atoms with van der Waals surface area (Å²) in [6, 6.07) is 8.35. The molecule has 3 heterocycles. The predicted molar refractivity (Wildman–Crippen MR) is 96.4 cm³/mol. The molecule has 4 aromatic rings. The van der Waals surface area contributed by atoms with E-state index in [0.29, 0.717) is 0 Å². The quantitative estimate of drug-likeness (QED) is 0.399. The van der Waals surface area contributed by atoms with E-state index < -0.39 is 0 Å². The van der Waals surface area contributed by atoms with E-state index in [9.17, 15) is 0 Å². The summed E-state index contributed by atoms with van der Waals surface area (Å²) in [4.78, 5) is 4.26. The molecule has 1 aromatic carbocycles. The number of imidazole rings is 2. The summed E-state index contributed by atoms with van der Waals surface area (Å²) in [5, 5.41) is 9.69. The second-order valence-corrected chi connectivity index (χ2v) is 6.95. The first kappa shape index (κ1) is 15.3. The van der Waals surface area contributed by atoms with Crippen LogP contribution in [0.4, 0.5) is 0 Å². The van der Waals surface area contributed by atoms with Gasteiger partial charge in [0.2, 0.25) is 5.78 Å². The summed E-state index contributed by atoms with van der Waals surface area (Å²) in [6.45, 7) is 3.07. The topological polar surface area (TPSA) is 52.9 Å². The molecule has 0 atom stereocenters. The third-order valence-corrected chi connectivity index (χ3v) is 5.36. The average Bonchev–Trinajstić information content (AvgIpc) is 3.26. The zero-order valence-electron chi connectivity index (χ0n) is 13.9. The predicted octanol–water partition coefficient (Wildman–Crippen LogP) is 3.30. The molecular formula is C17H20N6S. The molecule has 4 rings (SSSR count). The van der Waals surface area contributed by atoms with Crippen LogP contribution in [0, 0.1) is 6.92 Å². The molecule has 0 unspecified atom stereocenters. The second-order valence-electron chi connectivity index (χ2n) is 5.89. The van der Waals surface area contributed by atoms with Crippen LogP contribution in [0.15, 0.2) is 41.8 Å². The number of para-hydroxylation sites is 2. The van der Waals surface area contributed by atoms with Crippen LogP contribution in [0.3, 0.4) is 0 Å². The van der Waals surface area contributed by atoms with Crippen molar-refractivity contribution in [1.29, 1.82) is 0 Å². The second kappa shape index (κ2) is 6.32. The highest BCUT2D eigenvalue weighted by atomic mass is 32.2. The molecule has 24 heavy (non-hydrogen) atoms. The van der Waals surface area contributed by atoms with Gasteiger partial charge in [-0.1, -0.05) is 23.9 Å². The van der Waals surface area contributed by atoms with Gasteiger partial charge in [0, 0.05) is 31.7 Å². The van der Waals surface area contributed by atoms with Crippen molar-refractivity contribution in [2.75, 3.05) is 5.75 Å². The number of nitrogens with zero attached hydrogens (tertiary/aromatic N) is 6. The van der Waals surface area contributed by atoms with E-state index in [-0.39, 0.29) is 0 Å². The molecule has 0 aliphatic heterocycles. The lowest BCUT2D eigenvalue weighted by molar-refractivity contribution is 0.619. The Hall–Kier alpha value is -2.28. The molecule has 0 fully saturated rings. The SMILES string of the molecule is Cc1nccn1CCCCSc1nnc2n(C)c3ccccc3n12. The largest absolute Gasteiger partial charge is 0.335 e. The summed E-state index contributed by atoms with van der Waals surface area (Å²) >= 11 is 1.78. The van der Waals surface area contributed by atoms with Crippen LogP contribution in [0.5, 0.6) is 0 Å². The van der Waals surface area contributed by atoms with Crippen molar-refractivity contribution in [2.45, 2.75) is 31.5 Å². The summed E-state index contributed by atoms with van der Waals surface area (Å²) < 4.78 is 6.44. The number of aromatic nitrogens is 6. The van der Waals surface area contributed by atoms with Crippen molar-refractivity contribution in [3.05, 3.63) is 42.5 Å². The monoisotopic (exact) mass is 340 g/mol. The van der Waals surface area contributed by atoms with Crippen LogP contribution in [0.25, 0.3) is 16.8 Å². The van der Waals surface area contributed by atoms with Crippen molar-refractivity contribution in [3.63, 3.8) is 0 Å². The van der Waals surface area contributed by atoms with Gasteiger partial charge in [0.1, 0.15) is 5.82 Å². The van der Waals surface area contributed by atoms with Crippen molar-refractivity contribution in [1.82, 2.24) is 28.7 Å². The summed E-state index contributed by atoms with van der Waals surface area (Å²) in [5.41, 5.74) is 2.34. The van der Waals surface area contributed by atoms with Crippen molar-refractivity contribution in [3.8, 4) is 0 Å². The van der Waals surface area contributed by atoms with E-state index in [0.717, 1.165) is 47.4 Å². The lowest BCUT2D eigenvalue weighted by Gasteiger charge is -2.04. The maximum atomic E-state index is 4.37. The van der Waals surface area contributed by atoms with Crippen LogP contribution < -0.4 is 0 Å². The van der Waals surface area contributed by atoms with Gasteiger partial charge in [0.25, 0.3) is 0 Å². The fraction of sp³-hybridized carbons (Fsp3) is 0.353. The Kier molecular flexibility index (Phi) is 4.02. The molecule has 0 aliphatic rings. The Bertz CT molecular complexity index is 980. The van der Waals surface area contributed by atoms with E-state index in [1.807, 2.05) is 26.4 Å². The van der Waals surface area contributed by atoms with Gasteiger partial charge in [-0.05, 0) is 31.9 Å². The van der Waals surface area contributed by atoms with E-state index >= 15 is 0 Å².